The topological polar surface area (TPSA) is 79.8 Å². The van der Waals surface area contributed by atoms with Crippen LogP contribution in [-0.2, 0) is 11.8 Å². The van der Waals surface area contributed by atoms with Gasteiger partial charge in [0.05, 0.1) is 15.2 Å². The fourth-order valence-electron chi connectivity index (χ4n) is 2.61. The fourth-order valence-corrected chi connectivity index (χ4v) is 3.74. The summed E-state index contributed by atoms with van der Waals surface area (Å²) >= 11 is 4.80. The van der Waals surface area contributed by atoms with E-state index in [9.17, 15) is 14.9 Å². The number of nitrogens with zero attached hydrogens (tertiary/aromatic N) is 3. The first kappa shape index (κ1) is 18.9. The largest absolute Gasteiger partial charge is 0.315 e. The molecule has 0 spiro atoms. The molecule has 8 heteroatoms. The number of carbonyl (C=O) groups is 1. The summed E-state index contributed by atoms with van der Waals surface area (Å²) in [5, 5.41) is 13.8. The summed E-state index contributed by atoms with van der Waals surface area (Å²) in [7, 11) is 1.74. The van der Waals surface area contributed by atoms with Gasteiger partial charge in [-0.15, -0.1) is 11.3 Å². The summed E-state index contributed by atoms with van der Waals surface area (Å²) in [6.45, 7) is 1.74. The first-order valence-corrected chi connectivity index (χ1v) is 9.61. The molecule has 0 atom stereocenters. The molecule has 0 aliphatic carbocycles. The molecule has 0 aliphatic heterocycles. The third kappa shape index (κ3) is 3.79. The average molecular weight is 443 g/mol. The highest BCUT2D eigenvalue weighted by molar-refractivity contribution is 9.11. The number of halogens is 1. The second kappa shape index (κ2) is 7.78. The first-order valence-electron chi connectivity index (χ1n) is 7.93. The molecule has 136 valence electrons. The summed E-state index contributed by atoms with van der Waals surface area (Å²) in [5.41, 5.74) is 1.74. The van der Waals surface area contributed by atoms with E-state index in [1.54, 1.807) is 18.7 Å². The molecule has 3 rings (SSSR count). The van der Waals surface area contributed by atoms with Crippen LogP contribution in [0.2, 0.25) is 0 Å². The molecule has 27 heavy (non-hydrogen) atoms. The number of nitrogens with one attached hydrogen (secondary N) is 1. The number of carbonyl (C=O) groups excluding carboxylic acids is 1. The van der Waals surface area contributed by atoms with Crippen molar-refractivity contribution in [3.8, 4) is 11.8 Å². The van der Waals surface area contributed by atoms with Crippen LogP contribution in [0.15, 0.2) is 55.9 Å². The van der Waals surface area contributed by atoms with Gasteiger partial charge in [0.25, 0.3) is 11.5 Å². The van der Waals surface area contributed by atoms with Gasteiger partial charge in [-0.05, 0) is 58.1 Å². The summed E-state index contributed by atoms with van der Waals surface area (Å²) < 4.78 is 4.03. The van der Waals surface area contributed by atoms with Gasteiger partial charge in [-0.3, -0.25) is 14.3 Å². The second-order valence-corrected chi connectivity index (χ2v) is 8.04. The van der Waals surface area contributed by atoms with E-state index in [0.29, 0.717) is 11.4 Å². The predicted molar refractivity (Wildman–Crippen MR) is 110 cm³/mol. The molecule has 2 heterocycles. The maximum Gasteiger partial charge on any atom is 0.295 e. The fraction of sp³-hybridized carbons (Fsp3) is 0.105. The summed E-state index contributed by atoms with van der Waals surface area (Å²) in [6.07, 6.45) is 1.49. The molecule has 0 fully saturated rings. The number of para-hydroxylation sites is 1. The smallest absolute Gasteiger partial charge is 0.295 e. The van der Waals surface area contributed by atoms with Gasteiger partial charge in [0, 0.05) is 7.05 Å². The standard InChI is InChI=1S/C19H15BrN4O2S/c1-12-17(19(26)24(23(12)2)15-6-4-3-5-7-15)22-18(25)14(10-21)8-13-9-16(20)27-11-13/h3-9,11H,1-2H3,(H,22,25)/b14-8+. The Morgan fingerprint density at radius 1 is 1.33 bits per heavy atom. The molecule has 1 aromatic carbocycles. The van der Waals surface area contributed by atoms with E-state index in [-0.39, 0.29) is 16.8 Å². The summed E-state index contributed by atoms with van der Waals surface area (Å²) in [6, 6.07) is 12.8. The van der Waals surface area contributed by atoms with Crippen LogP contribution in [0.3, 0.4) is 0 Å². The van der Waals surface area contributed by atoms with E-state index in [1.165, 1.54) is 22.1 Å². The van der Waals surface area contributed by atoms with Crippen LogP contribution < -0.4 is 10.9 Å². The van der Waals surface area contributed by atoms with Crippen molar-refractivity contribution >= 4 is 44.9 Å². The van der Waals surface area contributed by atoms with Crippen molar-refractivity contribution in [1.82, 2.24) is 9.36 Å². The Kier molecular flexibility index (Phi) is 5.44. The van der Waals surface area contributed by atoms with Gasteiger partial charge in [-0.25, -0.2) is 4.68 Å². The van der Waals surface area contributed by atoms with E-state index in [4.69, 9.17) is 0 Å². The van der Waals surface area contributed by atoms with Crippen molar-refractivity contribution in [2.45, 2.75) is 6.92 Å². The quantitative estimate of drug-likeness (QED) is 0.492. The maximum absolute atomic E-state index is 12.8. The molecule has 1 N–H and O–H groups in total. The Morgan fingerprint density at radius 2 is 2.04 bits per heavy atom. The molecular weight excluding hydrogens is 428 g/mol. The molecule has 0 bridgehead atoms. The molecule has 0 unspecified atom stereocenters. The second-order valence-electron chi connectivity index (χ2n) is 5.74. The molecule has 0 radical (unpaired) electrons. The highest BCUT2D eigenvalue weighted by Gasteiger charge is 2.19. The Morgan fingerprint density at radius 3 is 2.63 bits per heavy atom. The number of nitriles is 1. The van der Waals surface area contributed by atoms with Crippen LogP contribution >= 0.6 is 27.3 Å². The van der Waals surface area contributed by atoms with Crippen LogP contribution in [0.1, 0.15) is 11.3 Å². The number of benzene rings is 1. The molecular formula is C19H15BrN4O2S. The number of anilines is 1. The number of hydrogen-bond acceptors (Lipinski definition) is 4. The molecule has 0 saturated carbocycles. The molecule has 1 amide bonds. The molecule has 0 saturated heterocycles. The SMILES string of the molecule is Cc1c(NC(=O)/C(C#N)=C/c2csc(Br)c2)c(=O)n(-c2ccccc2)n1C. The van der Waals surface area contributed by atoms with Gasteiger partial charge in [-0.2, -0.15) is 5.26 Å². The zero-order valence-corrected chi connectivity index (χ0v) is 17.0. The van der Waals surface area contributed by atoms with Crippen LogP contribution in [0.25, 0.3) is 11.8 Å². The minimum Gasteiger partial charge on any atom is -0.315 e. The monoisotopic (exact) mass is 442 g/mol. The number of amides is 1. The zero-order chi connectivity index (χ0) is 19.6. The number of thiophene rings is 1. The zero-order valence-electron chi connectivity index (χ0n) is 14.6. The van der Waals surface area contributed by atoms with Crippen LogP contribution in [0, 0.1) is 18.3 Å². The predicted octanol–water partition coefficient (Wildman–Crippen LogP) is 3.85. The van der Waals surface area contributed by atoms with E-state index < -0.39 is 5.91 Å². The first-order chi connectivity index (χ1) is 12.9. The Hall–Kier alpha value is -2.89. The molecule has 0 aliphatic rings. The minimum absolute atomic E-state index is 0.0748. The van der Waals surface area contributed by atoms with Crippen molar-refractivity contribution in [3.05, 3.63) is 72.7 Å². The van der Waals surface area contributed by atoms with Crippen molar-refractivity contribution in [2.24, 2.45) is 7.05 Å². The number of rotatable bonds is 4. The Balaban J connectivity index is 1.96. The van der Waals surface area contributed by atoms with Gasteiger partial charge in [0.1, 0.15) is 17.3 Å². The summed E-state index contributed by atoms with van der Waals surface area (Å²) in [4.78, 5) is 25.4. The lowest BCUT2D eigenvalue weighted by atomic mass is 10.2. The molecule has 3 aromatic rings. The lowest BCUT2D eigenvalue weighted by Crippen LogP contribution is -2.23. The lowest BCUT2D eigenvalue weighted by Gasteiger charge is -2.07. The van der Waals surface area contributed by atoms with Crippen LogP contribution in [0.4, 0.5) is 5.69 Å². The average Bonchev–Trinajstić information content (AvgIpc) is 3.16. The number of hydrogen-bond donors (Lipinski definition) is 1. The van der Waals surface area contributed by atoms with E-state index in [2.05, 4.69) is 21.2 Å². The van der Waals surface area contributed by atoms with Crippen LogP contribution in [-0.4, -0.2) is 15.3 Å². The van der Waals surface area contributed by atoms with Gasteiger partial charge in [0.15, 0.2) is 0 Å². The van der Waals surface area contributed by atoms with Gasteiger partial charge >= 0.3 is 0 Å². The summed E-state index contributed by atoms with van der Waals surface area (Å²) in [5.74, 6) is -0.620. The highest BCUT2D eigenvalue weighted by Crippen LogP contribution is 2.23. The highest BCUT2D eigenvalue weighted by atomic mass is 79.9. The van der Waals surface area contributed by atoms with Crippen molar-refractivity contribution in [2.75, 3.05) is 5.32 Å². The Labute approximate surface area is 168 Å². The molecule has 2 aromatic heterocycles. The van der Waals surface area contributed by atoms with E-state index in [0.717, 1.165) is 9.35 Å². The normalized spacial score (nSPS) is 11.3. The third-order valence-electron chi connectivity index (χ3n) is 4.06. The van der Waals surface area contributed by atoms with Gasteiger partial charge in [0.2, 0.25) is 0 Å². The van der Waals surface area contributed by atoms with Gasteiger partial charge < -0.3 is 5.32 Å². The Bertz CT molecular complexity index is 1130. The van der Waals surface area contributed by atoms with Crippen molar-refractivity contribution in [3.63, 3.8) is 0 Å². The number of aromatic nitrogens is 2. The third-order valence-corrected chi connectivity index (χ3v) is 5.58. The molecule has 6 nitrogen and oxygen atoms in total. The van der Waals surface area contributed by atoms with Gasteiger partial charge in [-0.1, -0.05) is 18.2 Å². The van der Waals surface area contributed by atoms with Crippen molar-refractivity contribution < 1.29 is 4.79 Å². The van der Waals surface area contributed by atoms with Crippen LogP contribution in [0.5, 0.6) is 0 Å². The lowest BCUT2D eigenvalue weighted by molar-refractivity contribution is -0.112. The van der Waals surface area contributed by atoms with Crippen molar-refractivity contribution in [1.29, 1.82) is 5.26 Å². The maximum atomic E-state index is 12.8. The van der Waals surface area contributed by atoms with E-state index >= 15 is 0 Å². The minimum atomic E-state index is -0.620. The van der Waals surface area contributed by atoms with E-state index in [1.807, 2.05) is 47.8 Å².